The number of hydrogen-bond acceptors (Lipinski definition) is 2. The van der Waals surface area contributed by atoms with E-state index in [9.17, 15) is 4.79 Å². The number of carbonyl (C=O) groups is 1. The first-order valence-corrected chi connectivity index (χ1v) is 6.28. The van der Waals surface area contributed by atoms with E-state index in [2.05, 4.69) is 17.6 Å². The Balaban J connectivity index is 0.00000162. The normalized spacial score (nSPS) is 23.0. The van der Waals surface area contributed by atoms with Crippen molar-refractivity contribution < 1.29 is 4.79 Å². The van der Waals surface area contributed by atoms with Gasteiger partial charge in [0.05, 0.1) is 0 Å². The standard InChI is InChI=1S/C14H20N2O.ClH/c1-10-5-7-12(8-6-10)14(17)16-13-4-3-9-15-11(13)2;/h5-8,11,13,15H,3-4,9H2,1-2H3,(H,16,17);1H. The lowest BCUT2D eigenvalue weighted by atomic mass is 9.99. The Morgan fingerprint density at radius 3 is 2.61 bits per heavy atom. The van der Waals surface area contributed by atoms with Crippen LogP contribution in [0.1, 0.15) is 35.7 Å². The number of carbonyl (C=O) groups excluding carboxylic acids is 1. The van der Waals surface area contributed by atoms with Crippen LogP contribution < -0.4 is 10.6 Å². The molecule has 1 saturated heterocycles. The fourth-order valence-corrected chi connectivity index (χ4v) is 2.20. The van der Waals surface area contributed by atoms with E-state index in [-0.39, 0.29) is 24.4 Å². The fraction of sp³-hybridized carbons (Fsp3) is 0.500. The molecule has 1 heterocycles. The summed E-state index contributed by atoms with van der Waals surface area (Å²) in [5.41, 5.74) is 1.92. The Bertz CT molecular complexity index is 391. The molecule has 2 N–H and O–H groups in total. The molecule has 1 aromatic rings. The monoisotopic (exact) mass is 268 g/mol. The molecule has 1 fully saturated rings. The second kappa shape index (κ2) is 6.76. The van der Waals surface area contributed by atoms with Crippen LogP contribution in [-0.4, -0.2) is 24.5 Å². The topological polar surface area (TPSA) is 41.1 Å². The van der Waals surface area contributed by atoms with Crippen molar-refractivity contribution in [3.63, 3.8) is 0 Å². The van der Waals surface area contributed by atoms with Crippen molar-refractivity contribution in [1.29, 1.82) is 0 Å². The SMILES string of the molecule is Cc1ccc(C(=O)NC2CCCNC2C)cc1.Cl. The molecular formula is C14H21ClN2O. The van der Waals surface area contributed by atoms with Crippen LogP contribution in [0.25, 0.3) is 0 Å². The molecule has 1 aliphatic heterocycles. The summed E-state index contributed by atoms with van der Waals surface area (Å²) in [4.78, 5) is 12.0. The van der Waals surface area contributed by atoms with Gasteiger partial charge in [-0.25, -0.2) is 0 Å². The van der Waals surface area contributed by atoms with Gasteiger partial charge in [0, 0.05) is 17.6 Å². The molecule has 0 bridgehead atoms. The van der Waals surface area contributed by atoms with E-state index in [1.165, 1.54) is 5.56 Å². The van der Waals surface area contributed by atoms with Gasteiger partial charge in [0.2, 0.25) is 0 Å². The molecule has 1 amide bonds. The lowest BCUT2D eigenvalue weighted by molar-refractivity contribution is 0.0920. The molecule has 2 rings (SSSR count). The molecule has 0 radical (unpaired) electrons. The number of aryl methyl sites for hydroxylation is 1. The second-order valence-corrected chi connectivity index (χ2v) is 4.83. The van der Waals surface area contributed by atoms with Crippen LogP contribution in [0.4, 0.5) is 0 Å². The number of rotatable bonds is 2. The summed E-state index contributed by atoms with van der Waals surface area (Å²) in [6.07, 6.45) is 2.19. The van der Waals surface area contributed by atoms with Crippen molar-refractivity contribution in [2.45, 2.75) is 38.8 Å². The quantitative estimate of drug-likeness (QED) is 0.864. The third-order valence-electron chi connectivity index (χ3n) is 3.39. The van der Waals surface area contributed by atoms with Gasteiger partial charge in [0.1, 0.15) is 0 Å². The Kier molecular flexibility index (Phi) is 5.63. The average molecular weight is 269 g/mol. The van der Waals surface area contributed by atoms with E-state index in [1.807, 2.05) is 31.2 Å². The maximum atomic E-state index is 12.0. The molecule has 0 aliphatic carbocycles. The zero-order chi connectivity index (χ0) is 12.3. The van der Waals surface area contributed by atoms with Gasteiger partial charge in [-0.2, -0.15) is 0 Å². The molecule has 2 unspecified atom stereocenters. The van der Waals surface area contributed by atoms with Gasteiger partial charge < -0.3 is 10.6 Å². The lowest BCUT2D eigenvalue weighted by Gasteiger charge is -2.30. The van der Waals surface area contributed by atoms with Crippen LogP contribution in [-0.2, 0) is 0 Å². The van der Waals surface area contributed by atoms with Crippen LogP contribution in [0.5, 0.6) is 0 Å². The van der Waals surface area contributed by atoms with Crippen LogP contribution >= 0.6 is 12.4 Å². The average Bonchev–Trinajstić information content (AvgIpc) is 2.33. The molecule has 2 atom stereocenters. The number of halogens is 1. The van der Waals surface area contributed by atoms with Crippen molar-refractivity contribution in [3.8, 4) is 0 Å². The van der Waals surface area contributed by atoms with Crippen LogP contribution in [0, 0.1) is 6.92 Å². The minimum atomic E-state index is 0. The highest BCUT2D eigenvalue weighted by Crippen LogP contribution is 2.10. The van der Waals surface area contributed by atoms with E-state index in [1.54, 1.807) is 0 Å². The molecule has 18 heavy (non-hydrogen) atoms. The predicted molar refractivity (Wildman–Crippen MR) is 76.4 cm³/mol. The summed E-state index contributed by atoms with van der Waals surface area (Å²) in [6.45, 7) is 5.20. The molecule has 0 spiro atoms. The summed E-state index contributed by atoms with van der Waals surface area (Å²) in [7, 11) is 0. The van der Waals surface area contributed by atoms with E-state index in [4.69, 9.17) is 0 Å². The number of hydrogen-bond donors (Lipinski definition) is 2. The maximum Gasteiger partial charge on any atom is 0.251 e. The minimum absolute atomic E-state index is 0. The zero-order valence-electron chi connectivity index (χ0n) is 10.9. The molecule has 100 valence electrons. The van der Waals surface area contributed by atoms with E-state index in [0.29, 0.717) is 6.04 Å². The van der Waals surface area contributed by atoms with E-state index in [0.717, 1.165) is 24.9 Å². The molecule has 0 saturated carbocycles. The molecule has 1 aromatic carbocycles. The van der Waals surface area contributed by atoms with Gasteiger partial charge in [0.15, 0.2) is 0 Å². The maximum absolute atomic E-state index is 12.0. The van der Waals surface area contributed by atoms with Crippen molar-refractivity contribution in [2.75, 3.05) is 6.54 Å². The van der Waals surface area contributed by atoms with Gasteiger partial charge in [0.25, 0.3) is 5.91 Å². The molecule has 4 heteroatoms. The van der Waals surface area contributed by atoms with Gasteiger partial charge in [-0.05, 0) is 45.4 Å². The first-order chi connectivity index (χ1) is 8.16. The van der Waals surface area contributed by atoms with Crippen LogP contribution in [0.2, 0.25) is 0 Å². The largest absolute Gasteiger partial charge is 0.348 e. The highest BCUT2D eigenvalue weighted by Gasteiger charge is 2.22. The highest BCUT2D eigenvalue weighted by atomic mass is 35.5. The molecule has 0 aromatic heterocycles. The number of nitrogens with one attached hydrogen (secondary N) is 2. The van der Waals surface area contributed by atoms with E-state index >= 15 is 0 Å². The van der Waals surface area contributed by atoms with Crippen LogP contribution in [0.15, 0.2) is 24.3 Å². The summed E-state index contributed by atoms with van der Waals surface area (Å²) in [6, 6.07) is 8.31. The molecular weight excluding hydrogens is 248 g/mol. The number of benzene rings is 1. The summed E-state index contributed by atoms with van der Waals surface area (Å²) >= 11 is 0. The van der Waals surface area contributed by atoms with Crippen molar-refractivity contribution >= 4 is 18.3 Å². The first-order valence-electron chi connectivity index (χ1n) is 6.28. The van der Waals surface area contributed by atoms with Crippen molar-refractivity contribution in [1.82, 2.24) is 10.6 Å². The van der Waals surface area contributed by atoms with Gasteiger partial charge in [-0.1, -0.05) is 17.7 Å². The summed E-state index contributed by atoms with van der Waals surface area (Å²) < 4.78 is 0. The predicted octanol–water partition coefficient (Wildman–Crippen LogP) is 2.29. The minimum Gasteiger partial charge on any atom is -0.348 e. The van der Waals surface area contributed by atoms with Gasteiger partial charge in [-0.3, -0.25) is 4.79 Å². The molecule has 1 aliphatic rings. The summed E-state index contributed by atoms with van der Waals surface area (Å²) in [5, 5.41) is 6.49. The third kappa shape index (κ3) is 3.72. The van der Waals surface area contributed by atoms with E-state index < -0.39 is 0 Å². The second-order valence-electron chi connectivity index (χ2n) is 4.83. The fourth-order valence-electron chi connectivity index (χ4n) is 2.20. The lowest BCUT2D eigenvalue weighted by Crippen LogP contribution is -2.51. The third-order valence-corrected chi connectivity index (χ3v) is 3.39. The number of piperidine rings is 1. The Morgan fingerprint density at radius 2 is 2.00 bits per heavy atom. The Hall–Kier alpha value is -1.06. The molecule has 3 nitrogen and oxygen atoms in total. The van der Waals surface area contributed by atoms with Crippen molar-refractivity contribution in [2.24, 2.45) is 0 Å². The zero-order valence-corrected chi connectivity index (χ0v) is 11.7. The highest BCUT2D eigenvalue weighted by molar-refractivity contribution is 5.94. The summed E-state index contributed by atoms with van der Waals surface area (Å²) in [5.74, 6) is 0.0329. The van der Waals surface area contributed by atoms with Gasteiger partial charge >= 0.3 is 0 Å². The van der Waals surface area contributed by atoms with Gasteiger partial charge in [-0.15, -0.1) is 12.4 Å². The number of amides is 1. The Morgan fingerprint density at radius 1 is 1.33 bits per heavy atom. The Labute approximate surface area is 115 Å². The first kappa shape index (κ1) is 15.0. The van der Waals surface area contributed by atoms with Crippen LogP contribution in [0.3, 0.4) is 0 Å². The smallest absolute Gasteiger partial charge is 0.251 e. The van der Waals surface area contributed by atoms with Crippen molar-refractivity contribution in [3.05, 3.63) is 35.4 Å².